The van der Waals surface area contributed by atoms with Crippen LogP contribution in [0, 0.1) is 10.1 Å². The van der Waals surface area contributed by atoms with E-state index in [0.29, 0.717) is 11.8 Å². The third-order valence-electron chi connectivity index (χ3n) is 2.88. The largest absolute Gasteiger partial charge is 0.496 e. The van der Waals surface area contributed by atoms with Gasteiger partial charge in [-0.05, 0) is 36.4 Å². The first-order chi connectivity index (χ1) is 11.4. The van der Waals surface area contributed by atoms with Gasteiger partial charge in [0.25, 0.3) is 5.76 Å². The van der Waals surface area contributed by atoms with Crippen LogP contribution in [0.2, 0.25) is 0 Å². The van der Waals surface area contributed by atoms with Gasteiger partial charge in [0.15, 0.2) is 0 Å². The Hall–Kier alpha value is -2.68. The zero-order valence-corrected chi connectivity index (χ0v) is 13.1. The van der Waals surface area contributed by atoms with Crippen LogP contribution in [0.25, 0.3) is 0 Å². The summed E-state index contributed by atoms with van der Waals surface area (Å²) >= 11 is 0.345. The topological polar surface area (TPSA) is 78.7 Å². The van der Waals surface area contributed by atoms with Gasteiger partial charge in [0, 0.05) is 4.90 Å². The van der Waals surface area contributed by atoms with Crippen LogP contribution in [-0.2, 0) is 0 Å². The fourth-order valence-electron chi connectivity index (χ4n) is 1.78. The quantitative estimate of drug-likeness (QED) is 0.255. The number of ether oxygens (including phenoxy) is 2. The molecule has 0 amide bonds. The van der Waals surface area contributed by atoms with E-state index in [4.69, 9.17) is 9.47 Å². The van der Waals surface area contributed by atoms with Crippen molar-refractivity contribution >= 4 is 23.4 Å². The molecule has 0 aromatic heterocycles. The molecule has 24 heavy (non-hydrogen) atoms. The first kappa shape index (κ1) is 17.7. The molecular formula is C15H11F2NO5S. The summed E-state index contributed by atoms with van der Waals surface area (Å²) in [5.74, 6) is -3.40. The molecule has 0 bridgehead atoms. The number of nitrogens with zero attached hydrogens (tertiary/aromatic N) is 1. The van der Waals surface area contributed by atoms with E-state index in [-0.39, 0.29) is 22.0 Å². The molecular weight excluding hydrogens is 344 g/mol. The lowest BCUT2D eigenvalue weighted by Gasteiger charge is -2.07. The van der Waals surface area contributed by atoms with Crippen molar-refractivity contribution in [2.75, 3.05) is 7.11 Å². The fraction of sp³-hybridized carbons (Fsp3) is 0.133. The predicted molar refractivity (Wildman–Crippen MR) is 82.9 cm³/mol. The van der Waals surface area contributed by atoms with Gasteiger partial charge in [0.1, 0.15) is 5.75 Å². The van der Waals surface area contributed by atoms with E-state index in [1.807, 2.05) is 0 Å². The summed E-state index contributed by atoms with van der Waals surface area (Å²) in [6, 6.07) is 9.09. The maximum atomic E-state index is 12.2. The SMILES string of the molecule is COc1ccc(OC(=O)c2ccc(SC(F)F)cc2)c([N+](=O)[O-])c1. The van der Waals surface area contributed by atoms with Crippen molar-refractivity contribution in [3.63, 3.8) is 0 Å². The van der Waals surface area contributed by atoms with Crippen LogP contribution in [0.1, 0.15) is 10.4 Å². The summed E-state index contributed by atoms with van der Waals surface area (Å²) in [5, 5.41) is 11.0. The summed E-state index contributed by atoms with van der Waals surface area (Å²) in [7, 11) is 1.35. The second-order valence-corrected chi connectivity index (χ2v) is 5.45. The molecule has 0 aliphatic heterocycles. The lowest BCUT2D eigenvalue weighted by Crippen LogP contribution is -2.09. The minimum atomic E-state index is -2.57. The molecule has 6 nitrogen and oxygen atoms in total. The number of nitro benzene ring substituents is 1. The molecule has 0 unspecified atom stereocenters. The second kappa shape index (κ2) is 7.73. The van der Waals surface area contributed by atoms with Crippen LogP contribution in [0.5, 0.6) is 11.5 Å². The van der Waals surface area contributed by atoms with Crippen molar-refractivity contribution in [1.29, 1.82) is 0 Å². The van der Waals surface area contributed by atoms with E-state index in [9.17, 15) is 23.7 Å². The Bertz CT molecular complexity index is 752. The average molecular weight is 355 g/mol. The molecule has 0 radical (unpaired) electrons. The number of alkyl halides is 2. The number of rotatable bonds is 6. The lowest BCUT2D eigenvalue weighted by atomic mass is 10.2. The maximum absolute atomic E-state index is 12.2. The monoisotopic (exact) mass is 355 g/mol. The van der Waals surface area contributed by atoms with Crippen LogP contribution in [-0.4, -0.2) is 23.8 Å². The number of methoxy groups -OCH3 is 1. The minimum absolute atomic E-state index is 0.0822. The van der Waals surface area contributed by atoms with Crippen LogP contribution in [0.3, 0.4) is 0 Å². The highest BCUT2D eigenvalue weighted by atomic mass is 32.2. The second-order valence-electron chi connectivity index (χ2n) is 4.38. The number of benzene rings is 2. The normalized spacial score (nSPS) is 10.5. The molecule has 0 atom stereocenters. The molecule has 9 heteroatoms. The Morgan fingerprint density at radius 1 is 1.21 bits per heavy atom. The zero-order valence-electron chi connectivity index (χ0n) is 12.3. The highest BCUT2D eigenvalue weighted by Gasteiger charge is 2.20. The van der Waals surface area contributed by atoms with Crippen LogP contribution >= 0.6 is 11.8 Å². The van der Waals surface area contributed by atoms with E-state index in [2.05, 4.69) is 0 Å². The van der Waals surface area contributed by atoms with Gasteiger partial charge in [0.05, 0.1) is 23.7 Å². The van der Waals surface area contributed by atoms with Crippen LogP contribution in [0.4, 0.5) is 14.5 Å². The highest BCUT2D eigenvalue weighted by molar-refractivity contribution is 7.99. The molecule has 0 saturated carbocycles. The number of esters is 1. The number of carbonyl (C=O) groups is 1. The lowest BCUT2D eigenvalue weighted by molar-refractivity contribution is -0.385. The standard InChI is InChI=1S/C15H11F2NO5S/c1-22-10-4-7-13(12(8-10)18(20)21)23-14(19)9-2-5-11(6-3-9)24-15(16)17/h2-8,15H,1H3. The third kappa shape index (κ3) is 4.42. The highest BCUT2D eigenvalue weighted by Crippen LogP contribution is 2.32. The zero-order chi connectivity index (χ0) is 17.7. The van der Waals surface area contributed by atoms with Crippen molar-refractivity contribution in [1.82, 2.24) is 0 Å². The molecule has 0 spiro atoms. The summed E-state index contributed by atoms with van der Waals surface area (Å²) in [5.41, 5.74) is -0.341. The van der Waals surface area contributed by atoms with E-state index < -0.39 is 22.3 Å². The molecule has 2 rings (SSSR count). The Morgan fingerprint density at radius 3 is 2.42 bits per heavy atom. The Kier molecular flexibility index (Phi) is 5.69. The van der Waals surface area contributed by atoms with Gasteiger partial charge in [-0.25, -0.2) is 4.79 Å². The summed E-state index contributed by atoms with van der Waals surface area (Å²) in [6.45, 7) is 0. The Morgan fingerprint density at radius 2 is 1.88 bits per heavy atom. The molecule has 0 aliphatic rings. The summed E-state index contributed by atoms with van der Waals surface area (Å²) in [4.78, 5) is 22.7. The number of hydrogen-bond donors (Lipinski definition) is 0. The van der Waals surface area contributed by atoms with Gasteiger partial charge in [-0.3, -0.25) is 10.1 Å². The van der Waals surface area contributed by atoms with Crippen molar-refractivity contribution in [3.05, 3.63) is 58.1 Å². The molecule has 0 fully saturated rings. The van der Waals surface area contributed by atoms with E-state index in [1.165, 1.54) is 43.5 Å². The number of nitro groups is 1. The third-order valence-corrected chi connectivity index (χ3v) is 3.60. The summed E-state index contributed by atoms with van der Waals surface area (Å²) < 4.78 is 34.4. The molecule has 0 heterocycles. The molecule has 2 aromatic carbocycles. The molecule has 0 N–H and O–H groups in total. The maximum Gasteiger partial charge on any atom is 0.343 e. The predicted octanol–water partition coefficient (Wildman–Crippen LogP) is 4.14. The molecule has 0 aliphatic carbocycles. The van der Waals surface area contributed by atoms with Crippen molar-refractivity contribution in [3.8, 4) is 11.5 Å². The van der Waals surface area contributed by atoms with Crippen LogP contribution < -0.4 is 9.47 Å². The summed E-state index contributed by atoms with van der Waals surface area (Å²) in [6.07, 6.45) is 0. The average Bonchev–Trinajstić information content (AvgIpc) is 2.55. The van der Waals surface area contributed by atoms with Crippen molar-refractivity contribution < 1.29 is 28.0 Å². The van der Waals surface area contributed by atoms with Gasteiger partial charge < -0.3 is 9.47 Å². The minimum Gasteiger partial charge on any atom is -0.496 e. The van der Waals surface area contributed by atoms with Crippen LogP contribution in [0.15, 0.2) is 47.4 Å². The van der Waals surface area contributed by atoms with Crippen molar-refractivity contribution in [2.24, 2.45) is 0 Å². The van der Waals surface area contributed by atoms with E-state index in [1.54, 1.807) is 0 Å². The van der Waals surface area contributed by atoms with E-state index >= 15 is 0 Å². The first-order valence-corrected chi connectivity index (χ1v) is 7.38. The van der Waals surface area contributed by atoms with Gasteiger partial charge >= 0.3 is 11.7 Å². The van der Waals surface area contributed by atoms with Gasteiger partial charge in [-0.1, -0.05) is 11.8 Å². The van der Waals surface area contributed by atoms with Gasteiger partial charge in [-0.2, -0.15) is 8.78 Å². The van der Waals surface area contributed by atoms with Crippen molar-refractivity contribution in [2.45, 2.75) is 10.7 Å². The van der Waals surface area contributed by atoms with Gasteiger partial charge in [0.2, 0.25) is 5.75 Å². The van der Waals surface area contributed by atoms with E-state index in [0.717, 1.165) is 6.07 Å². The van der Waals surface area contributed by atoms with Gasteiger partial charge in [-0.15, -0.1) is 0 Å². The smallest absolute Gasteiger partial charge is 0.343 e. The number of thioether (sulfide) groups is 1. The molecule has 2 aromatic rings. The molecule has 126 valence electrons. The molecule has 0 saturated heterocycles. The number of hydrogen-bond acceptors (Lipinski definition) is 6. The number of halogens is 2. The first-order valence-electron chi connectivity index (χ1n) is 6.50. The number of carbonyl (C=O) groups excluding carboxylic acids is 1. The Labute approximate surface area is 139 Å². The Balaban J connectivity index is 2.19. The fourth-order valence-corrected chi connectivity index (χ4v) is 2.28.